The Labute approximate surface area is 102 Å². The van der Waals surface area contributed by atoms with Crippen molar-refractivity contribution in [2.45, 2.75) is 45.2 Å². The van der Waals surface area contributed by atoms with Gasteiger partial charge < -0.3 is 15.0 Å². The summed E-state index contributed by atoms with van der Waals surface area (Å²) in [6, 6.07) is 0. The van der Waals surface area contributed by atoms with Crippen LogP contribution in [0.3, 0.4) is 0 Å². The minimum atomic E-state index is -0.881. The average molecular weight is 239 g/mol. The quantitative estimate of drug-likeness (QED) is 0.752. The standard InChI is InChI=1S/C12H21N3O2/c1-4-5-10-14-7-9-15(10)8-6-12(2,13-3)11(16)17/h7,9,13H,4-6,8H2,1-3H3,(H,16,17). The van der Waals surface area contributed by atoms with Crippen molar-refractivity contribution in [3.63, 3.8) is 0 Å². The SMILES string of the molecule is CCCc1nccn1CCC(C)(NC)C(=O)O. The van der Waals surface area contributed by atoms with Gasteiger partial charge in [-0.15, -0.1) is 0 Å². The van der Waals surface area contributed by atoms with E-state index in [0.29, 0.717) is 13.0 Å². The first-order chi connectivity index (χ1) is 8.03. The summed E-state index contributed by atoms with van der Waals surface area (Å²) in [6.45, 7) is 4.47. The normalized spacial score (nSPS) is 14.5. The first-order valence-corrected chi connectivity index (χ1v) is 5.96. The molecule has 1 aromatic rings. The first kappa shape index (κ1) is 13.7. The van der Waals surface area contributed by atoms with Crippen molar-refractivity contribution in [3.8, 4) is 0 Å². The lowest BCUT2D eigenvalue weighted by Crippen LogP contribution is -2.48. The van der Waals surface area contributed by atoms with Crippen molar-refractivity contribution in [2.24, 2.45) is 0 Å². The van der Waals surface area contributed by atoms with Crippen molar-refractivity contribution < 1.29 is 9.90 Å². The summed E-state index contributed by atoms with van der Waals surface area (Å²) in [4.78, 5) is 15.4. The van der Waals surface area contributed by atoms with Crippen molar-refractivity contribution >= 4 is 5.97 Å². The highest BCUT2D eigenvalue weighted by atomic mass is 16.4. The van der Waals surface area contributed by atoms with E-state index in [4.69, 9.17) is 5.11 Å². The van der Waals surface area contributed by atoms with E-state index < -0.39 is 11.5 Å². The fraction of sp³-hybridized carbons (Fsp3) is 0.667. The number of imidazole rings is 1. The summed E-state index contributed by atoms with van der Waals surface area (Å²) < 4.78 is 2.03. The summed E-state index contributed by atoms with van der Waals surface area (Å²) in [5, 5.41) is 12.0. The molecule has 1 rings (SSSR count). The van der Waals surface area contributed by atoms with Crippen LogP contribution in [0.25, 0.3) is 0 Å². The molecule has 1 heterocycles. The molecule has 0 amide bonds. The Bertz CT molecular complexity index is 376. The Morgan fingerprint density at radius 1 is 1.65 bits per heavy atom. The number of aryl methyl sites for hydroxylation is 2. The topological polar surface area (TPSA) is 67.2 Å². The van der Waals surface area contributed by atoms with Crippen LogP contribution in [0.1, 0.15) is 32.5 Å². The Hall–Kier alpha value is -1.36. The molecule has 0 saturated heterocycles. The lowest BCUT2D eigenvalue weighted by atomic mass is 9.98. The maximum Gasteiger partial charge on any atom is 0.323 e. The zero-order valence-electron chi connectivity index (χ0n) is 10.7. The minimum absolute atomic E-state index is 0.534. The molecular formula is C12H21N3O2. The molecule has 0 aliphatic heterocycles. The highest BCUT2D eigenvalue weighted by Gasteiger charge is 2.30. The number of carboxylic acids is 1. The predicted molar refractivity (Wildman–Crippen MR) is 65.9 cm³/mol. The third kappa shape index (κ3) is 3.30. The van der Waals surface area contributed by atoms with Crippen LogP contribution in [-0.2, 0) is 17.8 Å². The average Bonchev–Trinajstić information content (AvgIpc) is 2.74. The zero-order chi connectivity index (χ0) is 12.9. The van der Waals surface area contributed by atoms with Gasteiger partial charge in [0.15, 0.2) is 0 Å². The molecule has 0 fully saturated rings. The highest BCUT2D eigenvalue weighted by molar-refractivity contribution is 5.78. The fourth-order valence-electron chi connectivity index (χ4n) is 1.68. The van der Waals surface area contributed by atoms with E-state index in [1.54, 1.807) is 20.2 Å². The second kappa shape index (κ2) is 5.82. The van der Waals surface area contributed by atoms with Crippen LogP contribution in [-0.4, -0.2) is 33.2 Å². The predicted octanol–water partition coefficient (Wildman–Crippen LogP) is 1.29. The number of nitrogens with one attached hydrogen (secondary N) is 1. The van der Waals surface area contributed by atoms with E-state index in [9.17, 15) is 4.79 Å². The number of carboxylic acid groups (broad SMARTS) is 1. The molecule has 1 unspecified atom stereocenters. The number of aliphatic carboxylic acids is 1. The van der Waals surface area contributed by atoms with Crippen molar-refractivity contribution in [1.29, 1.82) is 0 Å². The zero-order valence-corrected chi connectivity index (χ0v) is 10.7. The van der Waals surface area contributed by atoms with Gasteiger partial charge in [0.1, 0.15) is 11.4 Å². The largest absolute Gasteiger partial charge is 0.480 e. The summed E-state index contributed by atoms with van der Waals surface area (Å²) >= 11 is 0. The van der Waals surface area contributed by atoms with Crippen molar-refractivity contribution in [1.82, 2.24) is 14.9 Å². The first-order valence-electron chi connectivity index (χ1n) is 5.96. The van der Waals surface area contributed by atoms with Gasteiger partial charge in [-0.2, -0.15) is 0 Å². The monoisotopic (exact) mass is 239 g/mol. The molecule has 96 valence electrons. The van der Waals surface area contributed by atoms with Gasteiger partial charge in [-0.1, -0.05) is 6.92 Å². The molecular weight excluding hydrogens is 218 g/mol. The summed E-state index contributed by atoms with van der Waals surface area (Å²) in [7, 11) is 1.68. The van der Waals surface area contributed by atoms with Gasteiger partial charge in [-0.3, -0.25) is 4.79 Å². The van der Waals surface area contributed by atoms with Crippen LogP contribution in [0.4, 0.5) is 0 Å². The number of rotatable bonds is 7. The summed E-state index contributed by atoms with van der Waals surface area (Å²) in [5.74, 6) is 0.202. The molecule has 0 bridgehead atoms. The second-order valence-electron chi connectivity index (χ2n) is 4.42. The smallest absolute Gasteiger partial charge is 0.323 e. The van der Waals surface area contributed by atoms with E-state index in [0.717, 1.165) is 18.7 Å². The molecule has 0 aliphatic carbocycles. The van der Waals surface area contributed by atoms with Crippen LogP contribution in [0.5, 0.6) is 0 Å². The Balaban J connectivity index is 2.66. The second-order valence-corrected chi connectivity index (χ2v) is 4.42. The maximum atomic E-state index is 11.1. The van der Waals surface area contributed by atoms with Crippen molar-refractivity contribution in [2.75, 3.05) is 7.05 Å². The number of hydrogen-bond acceptors (Lipinski definition) is 3. The van der Waals surface area contributed by atoms with E-state index in [-0.39, 0.29) is 0 Å². The third-order valence-corrected chi connectivity index (χ3v) is 3.15. The van der Waals surface area contributed by atoms with Crippen LogP contribution in [0.15, 0.2) is 12.4 Å². The van der Waals surface area contributed by atoms with Gasteiger partial charge in [0.2, 0.25) is 0 Å². The minimum Gasteiger partial charge on any atom is -0.480 e. The molecule has 1 aromatic heterocycles. The molecule has 1 atom stereocenters. The lowest BCUT2D eigenvalue weighted by molar-refractivity contribution is -0.144. The molecule has 0 aromatic carbocycles. The van der Waals surface area contributed by atoms with E-state index in [1.807, 2.05) is 10.8 Å². The fourth-order valence-corrected chi connectivity index (χ4v) is 1.68. The maximum absolute atomic E-state index is 11.1. The molecule has 0 radical (unpaired) electrons. The van der Waals surface area contributed by atoms with Gasteiger partial charge in [0.05, 0.1) is 0 Å². The van der Waals surface area contributed by atoms with Gasteiger partial charge >= 0.3 is 5.97 Å². The molecule has 0 aliphatic rings. The number of carbonyl (C=O) groups is 1. The van der Waals surface area contributed by atoms with Gasteiger partial charge in [0.25, 0.3) is 0 Å². The molecule has 0 saturated carbocycles. The molecule has 5 heteroatoms. The lowest BCUT2D eigenvalue weighted by Gasteiger charge is -2.24. The molecule has 2 N–H and O–H groups in total. The number of likely N-dealkylation sites (N-methyl/N-ethyl adjacent to an activating group) is 1. The van der Waals surface area contributed by atoms with E-state index in [2.05, 4.69) is 17.2 Å². The number of nitrogens with zero attached hydrogens (tertiary/aromatic N) is 2. The van der Waals surface area contributed by atoms with E-state index >= 15 is 0 Å². The summed E-state index contributed by atoms with van der Waals surface area (Å²) in [5.41, 5.74) is -0.881. The number of aromatic nitrogens is 2. The van der Waals surface area contributed by atoms with Crippen LogP contribution in [0.2, 0.25) is 0 Å². The number of hydrogen-bond donors (Lipinski definition) is 2. The van der Waals surface area contributed by atoms with E-state index in [1.165, 1.54) is 0 Å². The highest BCUT2D eigenvalue weighted by Crippen LogP contribution is 2.12. The Morgan fingerprint density at radius 2 is 2.35 bits per heavy atom. The molecule has 17 heavy (non-hydrogen) atoms. The van der Waals surface area contributed by atoms with Crippen molar-refractivity contribution in [3.05, 3.63) is 18.2 Å². The van der Waals surface area contributed by atoms with Gasteiger partial charge in [0, 0.05) is 25.4 Å². The third-order valence-electron chi connectivity index (χ3n) is 3.15. The summed E-state index contributed by atoms with van der Waals surface area (Å²) in [6.07, 6.45) is 6.17. The Kier molecular flexibility index (Phi) is 4.69. The van der Waals surface area contributed by atoms with Crippen LogP contribution < -0.4 is 5.32 Å². The van der Waals surface area contributed by atoms with Crippen LogP contribution in [0, 0.1) is 0 Å². The van der Waals surface area contributed by atoms with Gasteiger partial charge in [-0.05, 0) is 26.8 Å². The Morgan fingerprint density at radius 3 is 2.88 bits per heavy atom. The van der Waals surface area contributed by atoms with Gasteiger partial charge in [-0.25, -0.2) is 4.98 Å². The van der Waals surface area contributed by atoms with Crippen LogP contribution >= 0.6 is 0 Å². The molecule has 5 nitrogen and oxygen atoms in total. The molecule has 0 spiro atoms.